The molecule has 3 N–H and O–H groups in total. The van der Waals surface area contributed by atoms with Gasteiger partial charge in [-0.1, -0.05) is 38.5 Å². The van der Waals surface area contributed by atoms with Crippen LogP contribution in [-0.4, -0.2) is 34.7 Å². The number of nitrogens with one attached hydrogen (secondary N) is 1. The van der Waals surface area contributed by atoms with Gasteiger partial charge < -0.3 is 20.3 Å². The lowest BCUT2D eigenvalue weighted by atomic mass is 10.1. The zero-order valence-electron chi connectivity index (χ0n) is 17.2. The Kier molecular flexibility index (Phi) is 12.8. The van der Waals surface area contributed by atoms with Gasteiger partial charge in [-0.05, 0) is 31.6 Å². The molecule has 0 atom stereocenters. The van der Waals surface area contributed by atoms with E-state index in [0.717, 1.165) is 56.9 Å². The lowest BCUT2D eigenvalue weighted by Crippen LogP contribution is -2.11. The molecule has 0 aliphatic heterocycles. The number of hydrogen-bond donors (Lipinski definition) is 3. The van der Waals surface area contributed by atoms with Gasteiger partial charge >= 0.3 is 11.9 Å². The molecular weight excluding hydrogens is 394 g/mol. The zero-order chi connectivity index (χ0) is 21.5. The molecule has 1 rings (SSSR count). The van der Waals surface area contributed by atoms with Gasteiger partial charge in [0.25, 0.3) is 0 Å². The van der Waals surface area contributed by atoms with E-state index >= 15 is 0 Å². The zero-order valence-corrected chi connectivity index (χ0v) is 18.0. The molecule has 0 aromatic carbocycles. The molecular formula is C21H33NO6S. The number of carboxylic acids is 2. The first-order valence-electron chi connectivity index (χ1n) is 10.3. The van der Waals surface area contributed by atoms with Crippen LogP contribution in [0.25, 0.3) is 0 Å². The Labute approximate surface area is 176 Å². The summed E-state index contributed by atoms with van der Waals surface area (Å²) in [6, 6.07) is 0. The van der Waals surface area contributed by atoms with Crippen LogP contribution < -0.4 is 10.1 Å². The fourth-order valence-electron chi connectivity index (χ4n) is 2.91. The van der Waals surface area contributed by atoms with Gasteiger partial charge in [0.2, 0.25) is 5.91 Å². The van der Waals surface area contributed by atoms with Crippen LogP contribution in [0.2, 0.25) is 0 Å². The Balaban J connectivity index is 2.14. The molecule has 164 valence electrons. The average molecular weight is 428 g/mol. The van der Waals surface area contributed by atoms with Gasteiger partial charge in [-0.25, -0.2) is 0 Å². The molecule has 0 aliphatic rings. The van der Waals surface area contributed by atoms with Crippen LogP contribution in [0.5, 0.6) is 5.75 Å². The summed E-state index contributed by atoms with van der Waals surface area (Å²) in [6.45, 7) is 2.21. The molecule has 1 aromatic rings. The first-order chi connectivity index (χ1) is 13.9. The van der Waals surface area contributed by atoms with Crippen molar-refractivity contribution in [3.63, 3.8) is 0 Å². The minimum Gasteiger partial charge on any atom is -0.490 e. The smallest absolute Gasteiger partial charge is 0.303 e. The van der Waals surface area contributed by atoms with Crippen LogP contribution in [-0.2, 0) is 14.4 Å². The number of aryl methyl sites for hydroxylation is 1. The molecule has 0 radical (unpaired) electrons. The fraction of sp³-hybridized carbons (Fsp3) is 0.667. The van der Waals surface area contributed by atoms with Crippen molar-refractivity contribution in [2.75, 3.05) is 11.9 Å². The first kappa shape index (κ1) is 24.9. The van der Waals surface area contributed by atoms with E-state index in [1.54, 1.807) is 0 Å². The van der Waals surface area contributed by atoms with Crippen LogP contribution in [0.4, 0.5) is 5.00 Å². The van der Waals surface area contributed by atoms with E-state index in [1.807, 2.05) is 12.3 Å². The quantitative estimate of drug-likeness (QED) is 0.294. The maximum Gasteiger partial charge on any atom is 0.303 e. The Bertz CT molecular complexity index is 643. The van der Waals surface area contributed by atoms with Crippen molar-refractivity contribution < 1.29 is 29.3 Å². The van der Waals surface area contributed by atoms with Crippen molar-refractivity contribution in [1.82, 2.24) is 0 Å². The normalized spacial score (nSPS) is 10.7. The van der Waals surface area contributed by atoms with E-state index in [2.05, 4.69) is 5.32 Å². The number of aliphatic carboxylic acids is 2. The third-order valence-electron chi connectivity index (χ3n) is 4.50. The number of amides is 1. The molecule has 1 amide bonds. The van der Waals surface area contributed by atoms with Gasteiger partial charge in [0.15, 0.2) is 5.75 Å². The molecule has 7 nitrogen and oxygen atoms in total. The number of unbranched alkanes of at least 4 members (excludes halogenated alkanes) is 7. The lowest BCUT2D eigenvalue weighted by molar-refractivity contribution is -0.138. The highest BCUT2D eigenvalue weighted by atomic mass is 32.1. The van der Waals surface area contributed by atoms with Gasteiger partial charge in [0.05, 0.1) is 6.61 Å². The number of carbonyl (C=O) groups excluding carboxylic acids is 1. The minimum absolute atomic E-state index is 0.0316. The highest BCUT2D eigenvalue weighted by Crippen LogP contribution is 2.35. The summed E-state index contributed by atoms with van der Waals surface area (Å²) in [5.41, 5.74) is 0.934. The SMILES string of the molecule is Cc1csc(NC(=O)CCCCCCCCCCC(=O)O)c1OCCCC(=O)O. The van der Waals surface area contributed by atoms with Gasteiger partial charge in [-0.2, -0.15) is 0 Å². The average Bonchev–Trinajstić information content (AvgIpc) is 2.99. The molecule has 0 bridgehead atoms. The van der Waals surface area contributed by atoms with E-state index in [0.29, 0.717) is 30.2 Å². The summed E-state index contributed by atoms with van der Waals surface area (Å²) in [6.07, 6.45) is 9.17. The summed E-state index contributed by atoms with van der Waals surface area (Å²) in [5.74, 6) is -0.965. The van der Waals surface area contributed by atoms with E-state index in [4.69, 9.17) is 14.9 Å². The predicted molar refractivity (Wildman–Crippen MR) is 114 cm³/mol. The Hall–Kier alpha value is -2.09. The number of anilines is 1. The van der Waals surface area contributed by atoms with Crippen molar-refractivity contribution in [2.45, 2.75) is 84.0 Å². The second-order valence-corrected chi connectivity index (χ2v) is 8.07. The molecule has 0 saturated heterocycles. The molecule has 0 fully saturated rings. The summed E-state index contributed by atoms with van der Waals surface area (Å²) in [5, 5.41) is 22.8. The van der Waals surface area contributed by atoms with Crippen molar-refractivity contribution in [3.8, 4) is 5.75 Å². The lowest BCUT2D eigenvalue weighted by Gasteiger charge is -2.09. The van der Waals surface area contributed by atoms with Crippen LogP contribution in [0.15, 0.2) is 5.38 Å². The van der Waals surface area contributed by atoms with Crippen LogP contribution in [0.3, 0.4) is 0 Å². The largest absolute Gasteiger partial charge is 0.490 e. The Morgan fingerprint density at radius 3 is 1.97 bits per heavy atom. The van der Waals surface area contributed by atoms with Crippen molar-refractivity contribution in [3.05, 3.63) is 10.9 Å². The molecule has 1 heterocycles. The number of hydrogen-bond acceptors (Lipinski definition) is 5. The maximum atomic E-state index is 12.2. The second-order valence-electron chi connectivity index (χ2n) is 7.19. The number of ether oxygens (including phenoxy) is 1. The van der Waals surface area contributed by atoms with Crippen LogP contribution >= 0.6 is 11.3 Å². The van der Waals surface area contributed by atoms with E-state index < -0.39 is 11.9 Å². The standard InChI is InChI=1S/C21H33NO6S/c1-16-15-29-21(20(16)28-14-10-13-19(26)27)22-17(23)11-8-6-4-2-3-5-7-9-12-18(24)25/h15H,2-14H2,1H3,(H,22,23)(H,24,25)(H,26,27). The molecule has 29 heavy (non-hydrogen) atoms. The number of rotatable bonds is 17. The summed E-state index contributed by atoms with van der Waals surface area (Å²) in [4.78, 5) is 33.1. The summed E-state index contributed by atoms with van der Waals surface area (Å²) in [7, 11) is 0. The van der Waals surface area contributed by atoms with Gasteiger partial charge in [0.1, 0.15) is 5.00 Å². The number of thiophene rings is 1. The maximum absolute atomic E-state index is 12.2. The van der Waals surface area contributed by atoms with Crippen molar-refractivity contribution >= 4 is 34.2 Å². The van der Waals surface area contributed by atoms with E-state index in [9.17, 15) is 14.4 Å². The van der Waals surface area contributed by atoms with E-state index in [-0.39, 0.29) is 18.7 Å². The van der Waals surface area contributed by atoms with Gasteiger partial charge in [-0.3, -0.25) is 14.4 Å². The molecule has 0 saturated carbocycles. The Morgan fingerprint density at radius 2 is 1.38 bits per heavy atom. The molecule has 0 aliphatic carbocycles. The highest BCUT2D eigenvalue weighted by Gasteiger charge is 2.13. The first-order valence-corrected chi connectivity index (χ1v) is 11.2. The van der Waals surface area contributed by atoms with E-state index in [1.165, 1.54) is 11.3 Å². The fourth-order valence-corrected chi connectivity index (χ4v) is 3.81. The Morgan fingerprint density at radius 1 is 0.862 bits per heavy atom. The summed E-state index contributed by atoms with van der Waals surface area (Å²) < 4.78 is 5.67. The molecule has 1 aromatic heterocycles. The summed E-state index contributed by atoms with van der Waals surface area (Å²) >= 11 is 1.42. The third-order valence-corrected chi connectivity index (χ3v) is 5.49. The number of carboxylic acid groups (broad SMARTS) is 2. The van der Waals surface area contributed by atoms with Crippen molar-refractivity contribution in [1.29, 1.82) is 0 Å². The van der Waals surface area contributed by atoms with Crippen molar-refractivity contribution in [2.24, 2.45) is 0 Å². The second kappa shape index (κ2) is 14.8. The predicted octanol–water partition coefficient (Wildman–Crippen LogP) is 5.22. The monoisotopic (exact) mass is 427 g/mol. The van der Waals surface area contributed by atoms with Crippen LogP contribution in [0.1, 0.15) is 82.6 Å². The van der Waals surface area contributed by atoms with Crippen LogP contribution in [0, 0.1) is 6.92 Å². The molecule has 0 unspecified atom stereocenters. The van der Waals surface area contributed by atoms with Gasteiger partial charge in [-0.15, -0.1) is 11.3 Å². The molecule has 0 spiro atoms. The third kappa shape index (κ3) is 12.2. The minimum atomic E-state index is -0.845. The molecule has 8 heteroatoms. The highest BCUT2D eigenvalue weighted by molar-refractivity contribution is 7.15. The topological polar surface area (TPSA) is 113 Å². The number of carbonyl (C=O) groups is 3. The van der Waals surface area contributed by atoms with Gasteiger partial charge in [0, 0.05) is 24.8 Å².